The number of carbonyl (C=O) groups excluding carboxylic acids is 1. The molecule has 0 bridgehead atoms. The Labute approximate surface area is 148 Å². The van der Waals surface area contributed by atoms with E-state index in [0.29, 0.717) is 16.5 Å². The number of aromatic nitrogens is 3. The maximum atomic E-state index is 13.0. The third-order valence-corrected chi connectivity index (χ3v) is 4.70. The maximum Gasteiger partial charge on any atom is 0.196 e. The minimum Gasteiger partial charge on any atom is -0.495 e. The number of ether oxygens (including phenoxy) is 1. The average molecular weight is 357 g/mol. The van der Waals surface area contributed by atoms with Crippen LogP contribution in [-0.4, -0.2) is 32.9 Å². The van der Waals surface area contributed by atoms with Crippen LogP contribution < -0.4 is 4.74 Å². The van der Waals surface area contributed by atoms with E-state index in [4.69, 9.17) is 4.74 Å². The molecule has 3 aromatic rings. The summed E-state index contributed by atoms with van der Waals surface area (Å²) in [5, 5.41) is 8.23. The quantitative estimate of drug-likeness (QED) is 0.496. The first-order valence-corrected chi connectivity index (χ1v) is 8.48. The Morgan fingerprint density at radius 1 is 1.20 bits per heavy atom. The number of Topliss-reactive ketones (excluding diaryl/α,β-unsaturated/α-hetero) is 1. The summed E-state index contributed by atoms with van der Waals surface area (Å²) in [6.45, 7) is 1.79. The van der Waals surface area contributed by atoms with Crippen molar-refractivity contribution < 1.29 is 13.9 Å². The largest absolute Gasteiger partial charge is 0.495 e. The summed E-state index contributed by atoms with van der Waals surface area (Å²) in [4.78, 5) is 12.5. The van der Waals surface area contributed by atoms with E-state index in [1.165, 1.54) is 36.0 Å². The van der Waals surface area contributed by atoms with Crippen LogP contribution >= 0.6 is 11.8 Å². The Kier molecular flexibility index (Phi) is 5.14. The number of thioether (sulfide) groups is 1. The molecule has 0 N–H and O–H groups in total. The zero-order valence-corrected chi connectivity index (χ0v) is 14.5. The fourth-order valence-corrected chi connectivity index (χ4v) is 3.27. The molecule has 0 aliphatic heterocycles. The van der Waals surface area contributed by atoms with Crippen molar-refractivity contribution >= 4 is 17.5 Å². The third-order valence-electron chi connectivity index (χ3n) is 3.64. The predicted molar refractivity (Wildman–Crippen MR) is 94.0 cm³/mol. The number of halogens is 1. The van der Waals surface area contributed by atoms with Crippen LogP contribution in [0.1, 0.15) is 17.3 Å². The number of benzene rings is 2. The summed E-state index contributed by atoms with van der Waals surface area (Å²) in [5.74, 6) is 0.217. The third kappa shape index (κ3) is 3.71. The molecule has 3 rings (SSSR count). The molecule has 0 radical (unpaired) electrons. The number of rotatable bonds is 6. The van der Waals surface area contributed by atoms with Gasteiger partial charge in [0.15, 0.2) is 10.9 Å². The van der Waals surface area contributed by atoms with E-state index in [9.17, 15) is 9.18 Å². The van der Waals surface area contributed by atoms with Crippen molar-refractivity contribution in [2.45, 2.75) is 17.3 Å². The molecule has 1 unspecified atom stereocenters. The van der Waals surface area contributed by atoms with Crippen LogP contribution in [0.2, 0.25) is 0 Å². The molecule has 7 heteroatoms. The highest BCUT2D eigenvalue weighted by Crippen LogP contribution is 2.29. The molecule has 5 nitrogen and oxygen atoms in total. The minimum absolute atomic E-state index is 0.0976. The summed E-state index contributed by atoms with van der Waals surface area (Å²) in [5.41, 5.74) is 1.25. The van der Waals surface area contributed by atoms with Crippen molar-refractivity contribution in [3.05, 3.63) is 66.2 Å². The summed E-state index contributed by atoms with van der Waals surface area (Å²) in [6.07, 6.45) is 1.58. The second kappa shape index (κ2) is 7.48. The molecule has 0 saturated heterocycles. The zero-order valence-electron chi connectivity index (χ0n) is 13.7. The van der Waals surface area contributed by atoms with Crippen molar-refractivity contribution in [2.24, 2.45) is 0 Å². The normalized spacial score (nSPS) is 12.0. The van der Waals surface area contributed by atoms with Gasteiger partial charge in [0, 0.05) is 5.56 Å². The Bertz CT molecular complexity index is 880. The van der Waals surface area contributed by atoms with E-state index < -0.39 is 5.25 Å². The van der Waals surface area contributed by atoms with Crippen LogP contribution in [0.3, 0.4) is 0 Å². The number of hydrogen-bond acceptors (Lipinski definition) is 5. The standard InChI is InChI=1S/C18H16FN3O2S/c1-12(17(23)13-7-9-14(19)10-8-13)25-18-21-20-11-22(18)15-5-3-4-6-16(15)24-2/h3-12H,1-2H3. The number of para-hydroxylation sites is 2. The molecule has 128 valence electrons. The van der Waals surface area contributed by atoms with Crippen LogP contribution in [0.25, 0.3) is 5.69 Å². The van der Waals surface area contributed by atoms with Crippen molar-refractivity contribution in [1.29, 1.82) is 0 Å². The molecule has 0 aliphatic rings. The number of hydrogen-bond donors (Lipinski definition) is 0. The van der Waals surface area contributed by atoms with Gasteiger partial charge in [-0.05, 0) is 43.3 Å². The van der Waals surface area contributed by atoms with E-state index in [1.54, 1.807) is 24.9 Å². The molecule has 1 aromatic heterocycles. The molecule has 0 spiro atoms. The molecular formula is C18H16FN3O2S. The van der Waals surface area contributed by atoms with Gasteiger partial charge in [-0.1, -0.05) is 23.9 Å². The van der Waals surface area contributed by atoms with Crippen LogP contribution in [0.4, 0.5) is 4.39 Å². The van der Waals surface area contributed by atoms with Gasteiger partial charge in [-0.15, -0.1) is 10.2 Å². The first-order valence-electron chi connectivity index (χ1n) is 7.60. The lowest BCUT2D eigenvalue weighted by Gasteiger charge is -2.13. The fourth-order valence-electron chi connectivity index (χ4n) is 2.36. The van der Waals surface area contributed by atoms with Crippen LogP contribution in [0.15, 0.2) is 60.0 Å². The SMILES string of the molecule is COc1ccccc1-n1cnnc1SC(C)C(=O)c1ccc(F)cc1. The molecule has 0 fully saturated rings. The van der Waals surface area contributed by atoms with E-state index in [1.807, 2.05) is 24.3 Å². The molecule has 0 amide bonds. The highest BCUT2D eigenvalue weighted by Gasteiger charge is 2.20. The Hall–Kier alpha value is -2.67. The summed E-state index contributed by atoms with van der Waals surface area (Å²) in [7, 11) is 1.59. The summed E-state index contributed by atoms with van der Waals surface area (Å²) < 4.78 is 20.2. The summed E-state index contributed by atoms with van der Waals surface area (Å²) >= 11 is 1.29. The predicted octanol–water partition coefficient (Wildman–Crippen LogP) is 3.78. The molecule has 2 aromatic carbocycles. The molecular weight excluding hydrogens is 341 g/mol. The van der Waals surface area contributed by atoms with Gasteiger partial charge in [-0.3, -0.25) is 9.36 Å². The topological polar surface area (TPSA) is 57.0 Å². The van der Waals surface area contributed by atoms with Gasteiger partial charge in [-0.2, -0.15) is 0 Å². The van der Waals surface area contributed by atoms with E-state index in [2.05, 4.69) is 10.2 Å². The Morgan fingerprint density at radius 2 is 1.92 bits per heavy atom. The van der Waals surface area contributed by atoms with Crippen molar-refractivity contribution in [3.8, 4) is 11.4 Å². The van der Waals surface area contributed by atoms with Gasteiger partial charge in [0.05, 0.1) is 18.0 Å². The lowest BCUT2D eigenvalue weighted by atomic mass is 10.1. The highest BCUT2D eigenvalue weighted by molar-refractivity contribution is 8.00. The minimum atomic E-state index is -0.400. The zero-order chi connectivity index (χ0) is 17.8. The van der Waals surface area contributed by atoms with Crippen LogP contribution in [0.5, 0.6) is 5.75 Å². The van der Waals surface area contributed by atoms with E-state index in [-0.39, 0.29) is 11.6 Å². The summed E-state index contributed by atoms with van der Waals surface area (Å²) in [6, 6.07) is 13.0. The highest BCUT2D eigenvalue weighted by atomic mass is 32.2. The van der Waals surface area contributed by atoms with Crippen molar-refractivity contribution in [2.75, 3.05) is 7.11 Å². The number of nitrogens with zero attached hydrogens (tertiary/aromatic N) is 3. The van der Waals surface area contributed by atoms with Gasteiger partial charge < -0.3 is 4.74 Å². The molecule has 25 heavy (non-hydrogen) atoms. The Balaban J connectivity index is 1.83. The average Bonchev–Trinajstić information content (AvgIpc) is 3.09. The van der Waals surface area contributed by atoms with E-state index in [0.717, 1.165) is 5.69 Å². The van der Waals surface area contributed by atoms with E-state index >= 15 is 0 Å². The molecule has 1 atom stereocenters. The van der Waals surface area contributed by atoms with Gasteiger partial charge >= 0.3 is 0 Å². The monoisotopic (exact) mass is 357 g/mol. The fraction of sp³-hybridized carbons (Fsp3) is 0.167. The van der Waals surface area contributed by atoms with Gasteiger partial charge in [0.1, 0.15) is 17.9 Å². The second-order valence-corrected chi connectivity index (χ2v) is 6.59. The lowest BCUT2D eigenvalue weighted by Crippen LogP contribution is -2.14. The van der Waals surface area contributed by atoms with Crippen LogP contribution in [0, 0.1) is 5.82 Å². The van der Waals surface area contributed by atoms with Gasteiger partial charge in [0.25, 0.3) is 0 Å². The smallest absolute Gasteiger partial charge is 0.196 e. The molecule has 0 saturated carbocycles. The lowest BCUT2D eigenvalue weighted by molar-refractivity contribution is 0.0994. The van der Waals surface area contributed by atoms with Crippen LogP contribution in [-0.2, 0) is 0 Å². The number of methoxy groups -OCH3 is 1. The number of carbonyl (C=O) groups is 1. The van der Waals surface area contributed by atoms with Gasteiger partial charge in [-0.25, -0.2) is 4.39 Å². The first kappa shape index (κ1) is 17.2. The molecule has 0 aliphatic carbocycles. The molecule has 1 heterocycles. The van der Waals surface area contributed by atoms with Crippen molar-refractivity contribution in [1.82, 2.24) is 14.8 Å². The van der Waals surface area contributed by atoms with Gasteiger partial charge in [0.2, 0.25) is 0 Å². The van der Waals surface area contributed by atoms with Crippen molar-refractivity contribution in [3.63, 3.8) is 0 Å². The Morgan fingerprint density at radius 3 is 2.64 bits per heavy atom. The maximum absolute atomic E-state index is 13.0. The first-order chi connectivity index (χ1) is 12.1. The second-order valence-electron chi connectivity index (χ2n) is 5.29. The number of ketones is 1.